The van der Waals surface area contributed by atoms with Crippen molar-refractivity contribution in [2.45, 2.75) is 32.4 Å². The third-order valence-electron chi connectivity index (χ3n) is 2.05. The molecule has 0 N–H and O–H groups in total. The lowest BCUT2D eigenvalue weighted by Gasteiger charge is -2.07. The summed E-state index contributed by atoms with van der Waals surface area (Å²) in [7, 11) is 0. The Morgan fingerprint density at radius 1 is 1.44 bits per heavy atom. The van der Waals surface area contributed by atoms with Gasteiger partial charge in [-0.15, -0.1) is 0 Å². The van der Waals surface area contributed by atoms with Crippen LogP contribution in [0, 0.1) is 0 Å². The normalized spacial score (nSPS) is 11.5. The van der Waals surface area contributed by atoms with E-state index in [2.05, 4.69) is 4.98 Å². The molecule has 0 atom stereocenters. The van der Waals surface area contributed by atoms with Gasteiger partial charge in [0.05, 0.1) is 5.56 Å². The maximum Gasteiger partial charge on any atom is 0.416 e. The standard InChI is InChI=1S/C11H12F3NO/c1-2-3-10(16)7-9-6-8(4-5-15-9)11(12,13)14/h4-6H,2-3,7H2,1H3. The number of Topliss-reactive ketones (excluding diaryl/α,β-unsaturated/α-hetero) is 1. The van der Waals surface area contributed by atoms with Crippen LogP contribution in [-0.2, 0) is 17.4 Å². The Kier molecular flexibility index (Phi) is 4.04. The van der Waals surface area contributed by atoms with Crippen LogP contribution in [0.5, 0.6) is 0 Å². The Morgan fingerprint density at radius 2 is 2.12 bits per heavy atom. The van der Waals surface area contributed by atoms with Crippen molar-refractivity contribution in [3.05, 3.63) is 29.6 Å². The second-order valence-corrected chi connectivity index (χ2v) is 3.50. The number of aromatic nitrogens is 1. The molecule has 5 heteroatoms. The molecule has 16 heavy (non-hydrogen) atoms. The van der Waals surface area contributed by atoms with E-state index in [1.165, 1.54) is 0 Å². The lowest BCUT2D eigenvalue weighted by atomic mass is 10.1. The quantitative estimate of drug-likeness (QED) is 0.797. The Labute approximate surface area is 91.5 Å². The van der Waals surface area contributed by atoms with E-state index in [-0.39, 0.29) is 17.9 Å². The zero-order chi connectivity index (χ0) is 12.2. The van der Waals surface area contributed by atoms with E-state index in [1.807, 2.05) is 6.92 Å². The van der Waals surface area contributed by atoms with Crippen LogP contribution in [0.3, 0.4) is 0 Å². The van der Waals surface area contributed by atoms with Crippen LogP contribution < -0.4 is 0 Å². The van der Waals surface area contributed by atoms with E-state index in [0.717, 1.165) is 18.3 Å². The minimum Gasteiger partial charge on any atom is -0.299 e. The van der Waals surface area contributed by atoms with Crippen molar-refractivity contribution in [2.24, 2.45) is 0 Å². The molecule has 88 valence electrons. The van der Waals surface area contributed by atoms with Crippen LogP contribution in [0.4, 0.5) is 13.2 Å². The summed E-state index contributed by atoms with van der Waals surface area (Å²) in [5, 5.41) is 0. The highest BCUT2D eigenvalue weighted by Gasteiger charge is 2.30. The van der Waals surface area contributed by atoms with Crippen molar-refractivity contribution in [1.29, 1.82) is 0 Å². The molecule has 0 aromatic carbocycles. The van der Waals surface area contributed by atoms with E-state index in [1.54, 1.807) is 0 Å². The van der Waals surface area contributed by atoms with Gasteiger partial charge in [0, 0.05) is 24.7 Å². The molecule has 0 spiro atoms. The van der Waals surface area contributed by atoms with Gasteiger partial charge >= 0.3 is 6.18 Å². The summed E-state index contributed by atoms with van der Waals surface area (Å²) in [4.78, 5) is 15.0. The van der Waals surface area contributed by atoms with Crippen LogP contribution in [0.2, 0.25) is 0 Å². The van der Waals surface area contributed by atoms with Crippen LogP contribution in [-0.4, -0.2) is 10.8 Å². The molecule has 0 saturated heterocycles. The number of alkyl halides is 3. The van der Waals surface area contributed by atoms with E-state index >= 15 is 0 Å². The van der Waals surface area contributed by atoms with Gasteiger partial charge in [0.1, 0.15) is 5.78 Å². The Hall–Kier alpha value is -1.39. The summed E-state index contributed by atoms with van der Waals surface area (Å²) in [6, 6.07) is 1.82. The second-order valence-electron chi connectivity index (χ2n) is 3.50. The van der Waals surface area contributed by atoms with E-state index in [9.17, 15) is 18.0 Å². The lowest BCUT2D eigenvalue weighted by molar-refractivity contribution is -0.137. The first kappa shape index (κ1) is 12.7. The van der Waals surface area contributed by atoms with Gasteiger partial charge in [-0.3, -0.25) is 9.78 Å². The first-order valence-corrected chi connectivity index (χ1v) is 4.97. The van der Waals surface area contributed by atoms with Crippen molar-refractivity contribution < 1.29 is 18.0 Å². The molecule has 1 heterocycles. The highest BCUT2D eigenvalue weighted by Crippen LogP contribution is 2.29. The summed E-state index contributed by atoms with van der Waals surface area (Å²) in [5.41, 5.74) is -0.588. The summed E-state index contributed by atoms with van der Waals surface area (Å²) in [5.74, 6) is -0.0886. The van der Waals surface area contributed by atoms with Crippen molar-refractivity contribution in [2.75, 3.05) is 0 Å². The molecule has 0 bridgehead atoms. The average Bonchev–Trinajstić information content (AvgIpc) is 2.17. The largest absolute Gasteiger partial charge is 0.416 e. The Bertz CT molecular complexity index is 374. The molecule has 1 aromatic rings. The Balaban J connectivity index is 2.79. The highest BCUT2D eigenvalue weighted by atomic mass is 19.4. The van der Waals surface area contributed by atoms with Gasteiger partial charge in [-0.25, -0.2) is 0 Å². The van der Waals surface area contributed by atoms with Crippen molar-refractivity contribution >= 4 is 5.78 Å². The molecule has 0 aliphatic heterocycles. The van der Waals surface area contributed by atoms with Gasteiger partial charge in [-0.2, -0.15) is 13.2 Å². The predicted octanol–water partition coefficient (Wildman–Crippen LogP) is 3.01. The molecule has 0 radical (unpaired) electrons. The predicted molar refractivity (Wildman–Crippen MR) is 52.9 cm³/mol. The molecule has 1 aromatic heterocycles. The minimum absolute atomic E-state index is 0.0300. The molecule has 0 amide bonds. The van der Waals surface area contributed by atoms with Crippen LogP contribution in [0.25, 0.3) is 0 Å². The molecule has 1 rings (SSSR count). The van der Waals surface area contributed by atoms with Gasteiger partial charge in [-0.05, 0) is 18.6 Å². The van der Waals surface area contributed by atoms with Crippen LogP contribution >= 0.6 is 0 Å². The van der Waals surface area contributed by atoms with E-state index < -0.39 is 11.7 Å². The number of carbonyl (C=O) groups is 1. The van der Waals surface area contributed by atoms with Crippen molar-refractivity contribution in [1.82, 2.24) is 4.98 Å². The molecule has 0 aliphatic carbocycles. The third-order valence-corrected chi connectivity index (χ3v) is 2.05. The minimum atomic E-state index is -4.38. The topological polar surface area (TPSA) is 30.0 Å². The number of halogens is 3. The number of nitrogens with zero attached hydrogens (tertiary/aromatic N) is 1. The molecular formula is C11H12F3NO. The van der Waals surface area contributed by atoms with Crippen LogP contribution in [0.1, 0.15) is 31.0 Å². The van der Waals surface area contributed by atoms with E-state index in [4.69, 9.17) is 0 Å². The summed E-state index contributed by atoms with van der Waals surface area (Å²) < 4.78 is 37.0. The molecular weight excluding hydrogens is 219 g/mol. The number of rotatable bonds is 4. The monoisotopic (exact) mass is 231 g/mol. The number of ketones is 1. The van der Waals surface area contributed by atoms with Crippen molar-refractivity contribution in [3.8, 4) is 0 Å². The maximum absolute atomic E-state index is 12.3. The SMILES string of the molecule is CCCC(=O)Cc1cc(C(F)(F)F)ccn1. The summed E-state index contributed by atoms with van der Waals surface area (Å²) in [6.07, 6.45) is -2.27. The number of hydrogen-bond donors (Lipinski definition) is 0. The zero-order valence-corrected chi connectivity index (χ0v) is 8.84. The first-order chi connectivity index (χ1) is 7.43. The van der Waals surface area contributed by atoms with Gasteiger partial charge < -0.3 is 0 Å². The maximum atomic E-state index is 12.3. The molecule has 2 nitrogen and oxygen atoms in total. The summed E-state index contributed by atoms with van der Waals surface area (Å²) >= 11 is 0. The fourth-order valence-corrected chi connectivity index (χ4v) is 1.32. The lowest BCUT2D eigenvalue weighted by Crippen LogP contribution is -2.09. The molecule has 0 aliphatic rings. The second kappa shape index (κ2) is 5.09. The van der Waals surface area contributed by atoms with Gasteiger partial charge in [0.25, 0.3) is 0 Å². The number of pyridine rings is 1. The van der Waals surface area contributed by atoms with Crippen LogP contribution in [0.15, 0.2) is 18.3 Å². The number of hydrogen-bond acceptors (Lipinski definition) is 2. The zero-order valence-electron chi connectivity index (χ0n) is 8.84. The first-order valence-electron chi connectivity index (χ1n) is 4.97. The smallest absolute Gasteiger partial charge is 0.299 e. The molecule has 0 fully saturated rings. The fourth-order valence-electron chi connectivity index (χ4n) is 1.32. The van der Waals surface area contributed by atoms with Crippen molar-refractivity contribution in [3.63, 3.8) is 0 Å². The molecule has 0 unspecified atom stereocenters. The molecule has 0 saturated carbocycles. The van der Waals surface area contributed by atoms with Gasteiger partial charge in [0.2, 0.25) is 0 Å². The number of carbonyl (C=O) groups excluding carboxylic acids is 1. The fraction of sp³-hybridized carbons (Fsp3) is 0.455. The summed E-state index contributed by atoms with van der Waals surface area (Å²) in [6.45, 7) is 1.84. The van der Waals surface area contributed by atoms with Gasteiger partial charge in [0.15, 0.2) is 0 Å². The highest BCUT2D eigenvalue weighted by molar-refractivity contribution is 5.80. The van der Waals surface area contributed by atoms with E-state index in [0.29, 0.717) is 12.8 Å². The average molecular weight is 231 g/mol. The van der Waals surface area contributed by atoms with Gasteiger partial charge in [-0.1, -0.05) is 6.92 Å². The Morgan fingerprint density at radius 3 is 2.69 bits per heavy atom. The third kappa shape index (κ3) is 3.64.